The summed E-state index contributed by atoms with van der Waals surface area (Å²) in [6.45, 7) is 13.7. The Morgan fingerprint density at radius 2 is 1.84 bits per heavy atom. The molecule has 0 spiro atoms. The Balaban J connectivity index is 2.52. The van der Waals surface area contributed by atoms with Crippen LogP contribution < -0.4 is 5.32 Å². The highest BCUT2D eigenvalue weighted by Crippen LogP contribution is 2.14. The van der Waals surface area contributed by atoms with Gasteiger partial charge in [-0.25, -0.2) is 0 Å². The summed E-state index contributed by atoms with van der Waals surface area (Å²) < 4.78 is 0. The molecule has 1 nitrogen and oxygen atoms in total. The van der Waals surface area contributed by atoms with Crippen LogP contribution in [0.2, 0.25) is 0 Å². The van der Waals surface area contributed by atoms with Crippen molar-refractivity contribution in [2.75, 3.05) is 5.32 Å². The molecule has 1 aromatic rings. The zero-order valence-corrected chi connectivity index (χ0v) is 11.5. The maximum absolute atomic E-state index is 4.02. The van der Waals surface area contributed by atoms with Gasteiger partial charge in [0.15, 0.2) is 0 Å². The molecule has 0 radical (unpaired) electrons. The van der Waals surface area contributed by atoms with E-state index in [9.17, 15) is 0 Å². The summed E-state index contributed by atoms with van der Waals surface area (Å²) in [5.41, 5.74) is 2.94. The van der Waals surface area contributed by atoms with Gasteiger partial charge in [-0.1, -0.05) is 69.2 Å². The Hall–Kier alpha value is -2.28. The molecule has 0 aliphatic rings. The van der Waals surface area contributed by atoms with Crippen molar-refractivity contribution in [1.82, 2.24) is 0 Å². The fourth-order valence-electron chi connectivity index (χ4n) is 1.48. The summed E-state index contributed by atoms with van der Waals surface area (Å²) >= 11 is 0. The van der Waals surface area contributed by atoms with E-state index in [1.807, 2.05) is 48.6 Å². The molecule has 0 saturated heterocycles. The lowest BCUT2D eigenvalue weighted by molar-refractivity contribution is 0.895. The summed E-state index contributed by atoms with van der Waals surface area (Å²) in [5.74, 6) is 0.269. The third-order valence-corrected chi connectivity index (χ3v) is 2.70. The second kappa shape index (κ2) is 7.93. The van der Waals surface area contributed by atoms with Crippen LogP contribution in [0.1, 0.15) is 6.92 Å². The lowest BCUT2D eigenvalue weighted by Gasteiger charge is -2.08. The van der Waals surface area contributed by atoms with Gasteiger partial charge >= 0.3 is 0 Å². The lowest BCUT2D eigenvalue weighted by Crippen LogP contribution is -1.96. The second-order valence-corrected chi connectivity index (χ2v) is 4.33. The van der Waals surface area contributed by atoms with Gasteiger partial charge in [-0.3, -0.25) is 0 Å². The fraction of sp³-hybridized carbons (Fsp3) is 0.111. The van der Waals surface area contributed by atoms with Gasteiger partial charge in [0.1, 0.15) is 0 Å². The topological polar surface area (TPSA) is 12.0 Å². The van der Waals surface area contributed by atoms with Crippen molar-refractivity contribution in [2.45, 2.75) is 6.92 Å². The van der Waals surface area contributed by atoms with Crippen LogP contribution in [0.25, 0.3) is 0 Å². The van der Waals surface area contributed by atoms with Gasteiger partial charge in [-0.2, -0.15) is 0 Å². The van der Waals surface area contributed by atoms with Crippen molar-refractivity contribution in [1.29, 1.82) is 0 Å². The highest BCUT2D eigenvalue weighted by molar-refractivity contribution is 5.49. The quantitative estimate of drug-likeness (QED) is 0.664. The van der Waals surface area contributed by atoms with Gasteiger partial charge < -0.3 is 5.32 Å². The molecule has 19 heavy (non-hydrogen) atoms. The third kappa shape index (κ3) is 5.73. The number of hydrogen-bond donors (Lipinski definition) is 1. The lowest BCUT2D eigenvalue weighted by atomic mass is 10.0. The number of para-hydroxylation sites is 1. The van der Waals surface area contributed by atoms with E-state index in [1.54, 1.807) is 6.08 Å². The van der Waals surface area contributed by atoms with Gasteiger partial charge in [-0.15, -0.1) is 0 Å². The van der Waals surface area contributed by atoms with Gasteiger partial charge in [0.05, 0.1) is 0 Å². The zero-order chi connectivity index (χ0) is 14.1. The molecular weight excluding hydrogens is 230 g/mol. The molecule has 1 N–H and O–H groups in total. The molecule has 0 heterocycles. The van der Waals surface area contributed by atoms with E-state index in [-0.39, 0.29) is 5.92 Å². The van der Waals surface area contributed by atoms with Crippen molar-refractivity contribution < 1.29 is 0 Å². The Labute approximate surface area is 116 Å². The van der Waals surface area contributed by atoms with Gasteiger partial charge in [0, 0.05) is 11.4 Å². The summed E-state index contributed by atoms with van der Waals surface area (Å²) in [5, 5.41) is 3.23. The first-order valence-electron chi connectivity index (χ1n) is 6.30. The predicted molar refractivity (Wildman–Crippen MR) is 86.0 cm³/mol. The standard InChI is InChI=1S/C18H21N/c1-5-6-10-15(2)16(3)13-14-17(4)19-18-11-8-7-9-12-18/h5-14,16,19H,1-2,4H2,3H3/b10-6-,14-13-. The minimum absolute atomic E-state index is 0.269. The predicted octanol–water partition coefficient (Wildman–Crippen LogP) is 5.10. The van der Waals surface area contributed by atoms with Gasteiger partial charge in [0.25, 0.3) is 0 Å². The molecule has 1 atom stereocenters. The Morgan fingerprint density at radius 1 is 1.16 bits per heavy atom. The molecule has 0 fully saturated rings. The van der Waals surface area contributed by atoms with Crippen LogP contribution >= 0.6 is 0 Å². The molecule has 1 heteroatoms. The minimum Gasteiger partial charge on any atom is -0.356 e. The van der Waals surface area contributed by atoms with Crippen molar-refractivity contribution in [3.63, 3.8) is 0 Å². The van der Waals surface area contributed by atoms with Crippen LogP contribution in [0.3, 0.4) is 0 Å². The molecular formula is C18H21N. The van der Waals surface area contributed by atoms with Crippen molar-refractivity contribution in [3.05, 3.63) is 91.7 Å². The van der Waals surface area contributed by atoms with E-state index < -0.39 is 0 Å². The van der Waals surface area contributed by atoms with E-state index in [0.29, 0.717) is 0 Å². The first-order valence-corrected chi connectivity index (χ1v) is 6.30. The van der Waals surface area contributed by atoms with E-state index in [2.05, 4.69) is 38.1 Å². The molecule has 0 aromatic heterocycles. The highest BCUT2D eigenvalue weighted by Gasteiger charge is 1.98. The average molecular weight is 251 g/mol. The number of rotatable bonds is 7. The molecule has 0 aliphatic heterocycles. The first-order chi connectivity index (χ1) is 9.13. The summed E-state index contributed by atoms with van der Waals surface area (Å²) in [7, 11) is 0. The van der Waals surface area contributed by atoms with E-state index in [4.69, 9.17) is 0 Å². The number of allylic oxidation sites excluding steroid dienone is 6. The minimum atomic E-state index is 0.269. The normalized spacial score (nSPS) is 12.5. The van der Waals surface area contributed by atoms with Crippen molar-refractivity contribution in [2.24, 2.45) is 5.92 Å². The number of nitrogens with one attached hydrogen (secondary N) is 1. The smallest absolute Gasteiger partial charge is 0.0384 e. The van der Waals surface area contributed by atoms with Crippen molar-refractivity contribution >= 4 is 5.69 Å². The van der Waals surface area contributed by atoms with Crippen LogP contribution in [0, 0.1) is 5.92 Å². The average Bonchev–Trinajstić information content (AvgIpc) is 2.43. The summed E-state index contributed by atoms with van der Waals surface area (Å²) in [4.78, 5) is 0. The van der Waals surface area contributed by atoms with Crippen molar-refractivity contribution in [3.8, 4) is 0 Å². The Kier molecular flexibility index (Phi) is 6.17. The molecule has 98 valence electrons. The van der Waals surface area contributed by atoms with Crippen LogP contribution in [0.5, 0.6) is 0 Å². The van der Waals surface area contributed by atoms with Crippen LogP contribution in [0.15, 0.2) is 91.7 Å². The maximum atomic E-state index is 4.02. The Bertz CT molecular complexity index is 492. The van der Waals surface area contributed by atoms with Gasteiger partial charge in [0.2, 0.25) is 0 Å². The number of anilines is 1. The molecule has 0 saturated carbocycles. The Morgan fingerprint density at radius 3 is 2.47 bits per heavy atom. The monoisotopic (exact) mass is 251 g/mol. The molecule has 1 rings (SSSR count). The zero-order valence-electron chi connectivity index (χ0n) is 11.5. The molecule has 1 aromatic carbocycles. The maximum Gasteiger partial charge on any atom is 0.0384 e. The van der Waals surface area contributed by atoms with E-state index in [0.717, 1.165) is 17.0 Å². The largest absolute Gasteiger partial charge is 0.356 e. The van der Waals surface area contributed by atoms with Crippen LogP contribution in [0.4, 0.5) is 5.69 Å². The highest BCUT2D eigenvalue weighted by atomic mass is 14.9. The van der Waals surface area contributed by atoms with E-state index >= 15 is 0 Å². The SMILES string of the molecule is C=C/C=C\C(=C)C(C)/C=C\C(=C)Nc1ccccc1. The molecule has 0 bridgehead atoms. The summed E-state index contributed by atoms with van der Waals surface area (Å²) in [6.07, 6.45) is 9.66. The third-order valence-electron chi connectivity index (χ3n) is 2.70. The molecule has 1 unspecified atom stereocenters. The van der Waals surface area contributed by atoms with E-state index in [1.165, 1.54) is 0 Å². The van der Waals surface area contributed by atoms with Gasteiger partial charge in [-0.05, 0) is 29.7 Å². The fourth-order valence-corrected chi connectivity index (χ4v) is 1.48. The molecule has 0 aliphatic carbocycles. The number of hydrogen-bond acceptors (Lipinski definition) is 1. The number of benzene rings is 1. The first kappa shape index (κ1) is 14.8. The summed E-state index contributed by atoms with van der Waals surface area (Å²) in [6, 6.07) is 9.98. The molecule has 0 amide bonds. The van der Waals surface area contributed by atoms with Crippen LogP contribution in [-0.4, -0.2) is 0 Å². The second-order valence-electron chi connectivity index (χ2n) is 4.33. The van der Waals surface area contributed by atoms with Crippen LogP contribution in [-0.2, 0) is 0 Å².